The number of aliphatic hydroxyl groups is 1. The molecule has 0 amide bonds. The van der Waals surface area contributed by atoms with Crippen molar-refractivity contribution in [1.82, 2.24) is 4.98 Å². The van der Waals surface area contributed by atoms with Crippen LogP contribution in [-0.2, 0) is 6.42 Å². The van der Waals surface area contributed by atoms with Crippen molar-refractivity contribution in [3.8, 4) is 0 Å². The number of halogens is 1. The van der Waals surface area contributed by atoms with E-state index in [1.54, 1.807) is 12.4 Å². The van der Waals surface area contributed by atoms with E-state index >= 15 is 0 Å². The monoisotopic (exact) mass is 305 g/mol. The Morgan fingerprint density at radius 3 is 2.61 bits per heavy atom. The zero-order valence-electron chi connectivity index (χ0n) is 10.3. The number of pyridine rings is 1. The number of rotatable bonds is 4. The predicted octanol–water partition coefficient (Wildman–Crippen LogP) is 3.55. The van der Waals surface area contributed by atoms with E-state index in [0.717, 1.165) is 15.6 Å². The van der Waals surface area contributed by atoms with E-state index in [2.05, 4.69) is 20.9 Å². The highest BCUT2D eigenvalue weighted by Gasteiger charge is 2.16. The van der Waals surface area contributed by atoms with E-state index < -0.39 is 6.10 Å². The third-order valence-corrected chi connectivity index (χ3v) is 3.54. The van der Waals surface area contributed by atoms with Gasteiger partial charge in [0.2, 0.25) is 0 Å². The van der Waals surface area contributed by atoms with Gasteiger partial charge in [-0.2, -0.15) is 0 Å². The molecule has 0 spiro atoms. The Morgan fingerprint density at radius 1 is 1.22 bits per heavy atom. The molecule has 18 heavy (non-hydrogen) atoms. The maximum atomic E-state index is 10.3. The van der Waals surface area contributed by atoms with Gasteiger partial charge in [-0.15, -0.1) is 0 Å². The van der Waals surface area contributed by atoms with Crippen LogP contribution in [0.2, 0.25) is 0 Å². The van der Waals surface area contributed by atoms with Gasteiger partial charge in [0.25, 0.3) is 0 Å². The molecular formula is C15H16BrNO. The Balaban J connectivity index is 2.06. The Kier molecular flexibility index (Phi) is 4.50. The first-order valence-corrected chi connectivity index (χ1v) is 6.78. The van der Waals surface area contributed by atoms with Crippen molar-refractivity contribution < 1.29 is 5.11 Å². The lowest BCUT2D eigenvalue weighted by atomic mass is 9.92. The van der Waals surface area contributed by atoms with Gasteiger partial charge in [-0.3, -0.25) is 4.98 Å². The first-order valence-electron chi connectivity index (χ1n) is 5.99. The molecule has 0 saturated carbocycles. The summed E-state index contributed by atoms with van der Waals surface area (Å²) in [7, 11) is 0. The molecule has 0 fully saturated rings. The van der Waals surface area contributed by atoms with Crippen LogP contribution in [0.3, 0.4) is 0 Å². The van der Waals surface area contributed by atoms with Gasteiger partial charge >= 0.3 is 0 Å². The highest BCUT2D eigenvalue weighted by atomic mass is 79.9. The largest absolute Gasteiger partial charge is 0.392 e. The van der Waals surface area contributed by atoms with Crippen LogP contribution in [-0.4, -0.2) is 16.2 Å². The number of hydrogen-bond acceptors (Lipinski definition) is 2. The highest BCUT2D eigenvalue weighted by Crippen LogP contribution is 2.22. The van der Waals surface area contributed by atoms with E-state index in [0.29, 0.717) is 6.42 Å². The van der Waals surface area contributed by atoms with Gasteiger partial charge in [-0.1, -0.05) is 37.3 Å². The van der Waals surface area contributed by atoms with Crippen LogP contribution >= 0.6 is 15.9 Å². The fraction of sp³-hybridized carbons (Fsp3) is 0.267. The van der Waals surface area contributed by atoms with E-state index in [1.807, 2.05) is 43.3 Å². The van der Waals surface area contributed by atoms with Crippen molar-refractivity contribution in [2.24, 2.45) is 0 Å². The van der Waals surface area contributed by atoms with Gasteiger partial charge in [0, 0.05) is 29.2 Å². The summed E-state index contributed by atoms with van der Waals surface area (Å²) in [4.78, 5) is 4.11. The zero-order valence-corrected chi connectivity index (χ0v) is 11.8. The first-order chi connectivity index (χ1) is 8.66. The van der Waals surface area contributed by atoms with Gasteiger partial charge in [-0.05, 0) is 33.1 Å². The third-order valence-electron chi connectivity index (χ3n) is 3.11. The maximum Gasteiger partial charge on any atom is 0.0646 e. The van der Waals surface area contributed by atoms with Crippen molar-refractivity contribution in [3.63, 3.8) is 0 Å². The normalized spacial score (nSPS) is 14.2. The standard InChI is InChI=1S/C15H16BrNO/c1-11(13-5-3-2-4-6-13)15(18)8-12-7-14(16)10-17-9-12/h2-7,9-11,15,18H,8H2,1H3. The average Bonchev–Trinajstić information content (AvgIpc) is 2.39. The van der Waals surface area contributed by atoms with Gasteiger partial charge in [0.15, 0.2) is 0 Å². The molecule has 1 aromatic carbocycles. The quantitative estimate of drug-likeness (QED) is 0.937. The van der Waals surface area contributed by atoms with E-state index in [-0.39, 0.29) is 5.92 Å². The molecule has 2 rings (SSSR count). The van der Waals surface area contributed by atoms with E-state index in [1.165, 1.54) is 0 Å². The minimum atomic E-state index is -0.400. The van der Waals surface area contributed by atoms with Crippen LogP contribution in [0.15, 0.2) is 53.3 Å². The second kappa shape index (κ2) is 6.12. The SMILES string of the molecule is CC(c1ccccc1)C(O)Cc1cncc(Br)c1. The maximum absolute atomic E-state index is 10.3. The van der Waals surface area contributed by atoms with Crippen molar-refractivity contribution in [1.29, 1.82) is 0 Å². The number of hydrogen-bond donors (Lipinski definition) is 1. The molecular weight excluding hydrogens is 290 g/mol. The van der Waals surface area contributed by atoms with Crippen LogP contribution in [0.25, 0.3) is 0 Å². The minimum Gasteiger partial charge on any atom is -0.392 e. The second-order valence-corrected chi connectivity index (χ2v) is 5.40. The highest BCUT2D eigenvalue weighted by molar-refractivity contribution is 9.10. The van der Waals surface area contributed by atoms with Crippen LogP contribution in [0.1, 0.15) is 24.0 Å². The van der Waals surface area contributed by atoms with E-state index in [9.17, 15) is 5.11 Å². The van der Waals surface area contributed by atoms with Gasteiger partial charge in [0.1, 0.15) is 0 Å². The molecule has 1 aromatic heterocycles. The number of aromatic nitrogens is 1. The summed E-state index contributed by atoms with van der Waals surface area (Å²) in [6, 6.07) is 12.1. The van der Waals surface area contributed by atoms with Crippen LogP contribution in [0.5, 0.6) is 0 Å². The molecule has 1 N–H and O–H groups in total. The number of aliphatic hydroxyl groups excluding tert-OH is 1. The lowest BCUT2D eigenvalue weighted by Crippen LogP contribution is -2.18. The molecule has 0 saturated heterocycles. The lowest BCUT2D eigenvalue weighted by molar-refractivity contribution is 0.149. The average molecular weight is 306 g/mol. The summed E-state index contributed by atoms with van der Waals surface area (Å²) in [5, 5.41) is 10.3. The van der Waals surface area contributed by atoms with Crippen molar-refractivity contribution in [2.45, 2.75) is 25.4 Å². The predicted molar refractivity (Wildman–Crippen MR) is 76.5 cm³/mol. The van der Waals surface area contributed by atoms with Crippen LogP contribution in [0.4, 0.5) is 0 Å². The molecule has 2 nitrogen and oxygen atoms in total. The summed E-state index contributed by atoms with van der Waals surface area (Å²) < 4.78 is 0.944. The van der Waals surface area contributed by atoms with Crippen molar-refractivity contribution in [3.05, 3.63) is 64.4 Å². The van der Waals surface area contributed by atoms with E-state index in [4.69, 9.17) is 0 Å². The van der Waals surface area contributed by atoms with Gasteiger partial charge in [0.05, 0.1) is 6.10 Å². The fourth-order valence-corrected chi connectivity index (χ4v) is 2.38. The molecule has 0 radical (unpaired) electrons. The Labute approximate surface area is 116 Å². The molecule has 3 heteroatoms. The third kappa shape index (κ3) is 3.40. The Bertz CT molecular complexity index is 501. The first kappa shape index (κ1) is 13.2. The Morgan fingerprint density at radius 2 is 1.94 bits per heavy atom. The number of benzene rings is 1. The molecule has 0 aliphatic rings. The summed E-state index contributed by atoms with van der Waals surface area (Å²) in [6.45, 7) is 2.05. The molecule has 94 valence electrons. The van der Waals surface area contributed by atoms with Crippen LogP contribution in [0, 0.1) is 0 Å². The Hall–Kier alpha value is -1.19. The van der Waals surface area contributed by atoms with Crippen molar-refractivity contribution in [2.75, 3.05) is 0 Å². The number of nitrogens with zero attached hydrogens (tertiary/aromatic N) is 1. The van der Waals surface area contributed by atoms with Gasteiger partial charge < -0.3 is 5.11 Å². The zero-order chi connectivity index (χ0) is 13.0. The molecule has 2 atom stereocenters. The summed E-state index contributed by atoms with van der Waals surface area (Å²) in [6.07, 6.45) is 3.76. The topological polar surface area (TPSA) is 33.1 Å². The summed E-state index contributed by atoms with van der Waals surface area (Å²) in [5.41, 5.74) is 2.20. The fourth-order valence-electron chi connectivity index (χ4n) is 1.96. The molecule has 2 aromatic rings. The lowest BCUT2D eigenvalue weighted by Gasteiger charge is -2.19. The molecule has 1 heterocycles. The van der Waals surface area contributed by atoms with Gasteiger partial charge in [-0.25, -0.2) is 0 Å². The molecule has 0 bridgehead atoms. The molecule has 2 unspecified atom stereocenters. The summed E-state index contributed by atoms with van der Waals surface area (Å²) in [5.74, 6) is 0.116. The smallest absolute Gasteiger partial charge is 0.0646 e. The summed E-state index contributed by atoms with van der Waals surface area (Å²) >= 11 is 3.39. The molecule has 0 aliphatic carbocycles. The minimum absolute atomic E-state index is 0.116. The molecule has 0 aliphatic heterocycles. The second-order valence-electron chi connectivity index (χ2n) is 4.48. The van der Waals surface area contributed by atoms with Crippen molar-refractivity contribution >= 4 is 15.9 Å². The van der Waals surface area contributed by atoms with Crippen LogP contribution < -0.4 is 0 Å².